The van der Waals surface area contributed by atoms with Crippen LogP contribution in [0.2, 0.25) is 0 Å². The number of para-hydroxylation sites is 1. The van der Waals surface area contributed by atoms with Gasteiger partial charge in [0.1, 0.15) is 11.5 Å². The number of methoxy groups -OCH3 is 1. The van der Waals surface area contributed by atoms with Gasteiger partial charge in [0.2, 0.25) is 6.10 Å². The van der Waals surface area contributed by atoms with Gasteiger partial charge in [0.15, 0.2) is 4.20 Å². The predicted octanol–water partition coefficient (Wildman–Crippen LogP) is 3.62. The Bertz CT molecular complexity index is 730. The fraction of sp³-hybridized carbons (Fsp3) is 0.278. The highest BCUT2D eigenvalue weighted by molar-refractivity contribution is 8.21. The quantitative estimate of drug-likeness (QED) is 0.780. The number of benzene rings is 2. The molecule has 2 fully saturated rings. The summed E-state index contributed by atoms with van der Waals surface area (Å²) in [5, 5.41) is 0. The fourth-order valence-electron chi connectivity index (χ4n) is 2.97. The SMILES string of the molecule is COc1ccc(N2C(=O)C(Oc3ccccc3)C23SCCS3)cc1. The van der Waals surface area contributed by atoms with Gasteiger partial charge in [-0.2, -0.15) is 0 Å². The molecule has 24 heavy (non-hydrogen) atoms. The molecule has 0 aromatic heterocycles. The van der Waals surface area contributed by atoms with E-state index in [0.717, 1.165) is 28.7 Å². The molecule has 4 rings (SSSR count). The van der Waals surface area contributed by atoms with Gasteiger partial charge in [0, 0.05) is 17.2 Å². The van der Waals surface area contributed by atoms with E-state index < -0.39 is 6.10 Å². The standard InChI is InChI=1S/C18H17NO3S2/c1-21-14-9-7-13(8-10-14)19-17(20)16(18(19)23-11-12-24-18)22-15-5-3-2-4-6-15/h2-10,16H,11-12H2,1H3. The third-order valence-electron chi connectivity index (χ3n) is 4.12. The zero-order chi connectivity index (χ0) is 16.6. The number of β-lactam (4-membered cyclic amide) rings is 1. The first kappa shape index (κ1) is 15.7. The molecule has 2 heterocycles. The molecule has 0 radical (unpaired) electrons. The average molecular weight is 359 g/mol. The van der Waals surface area contributed by atoms with Crippen LogP contribution in [0.15, 0.2) is 54.6 Å². The summed E-state index contributed by atoms with van der Waals surface area (Å²) in [5.41, 5.74) is 0.885. The Morgan fingerprint density at radius 3 is 2.29 bits per heavy atom. The van der Waals surface area contributed by atoms with Gasteiger partial charge >= 0.3 is 0 Å². The number of carbonyl (C=O) groups excluding carboxylic acids is 1. The molecule has 4 nitrogen and oxygen atoms in total. The number of thioether (sulfide) groups is 2. The molecule has 2 aromatic carbocycles. The van der Waals surface area contributed by atoms with E-state index in [2.05, 4.69) is 0 Å². The topological polar surface area (TPSA) is 38.8 Å². The highest BCUT2D eigenvalue weighted by atomic mass is 32.2. The lowest BCUT2D eigenvalue weighted by Crippen LogP contribution is -2.72. The third kappa shape index (κ3) is 2.45. The van der Waals surface area contributed by atoms with E-state index in [1.165, 1.54) is 0 Å². The Balaban J connectivity index is 1.62. The van der Waals surface area contributed by atoms with Crippen LogP contribution in [0.1, 0.15) is 0 Å². The van der Waals surface area contributed by atoms with E-state index in [-0.39, 0.29) is 10.1 Å². The van der Waals surface area contributed by atoms with Gasteiger partial charge in [0.05, 0.1) is 7.11 Å². The molecule has 124 valence electrons. The number of carbonyl (C=O) groups is 1. The number of anilines is 1. The van der Waals surface area contributed by atoms with Crippen molar-refractivity contribution in [2.24, 2.45) is 0 Å². The Morgan fingerprint density at radius 1 is 1.00 bits per heavy atom. The summed E-state index contributed by atoms with van der Waals surface area (Å²) in [6.07, 6.45) is -0.459. The highest BCUT2D eigenvalue weighted by Gasteiger charge is 2.65. The summed E-state index contributed by atoms with van der Waals surface area (Å²) in [7, 11) is 1.64. The molecule has 2 aliphatic heterocycles. The zero-order valence-electron chi connectivity index (χ0n) is 13.2. The lowest BCUT2D eigenvalue weighted by atomic mass is 10.1. The van der Waals surface area contributed by atoms with Crippen molar-refractivity contribution in [2.75, 3.05) is 23.5 Å². The van der Waals surface area contributed by atoms with Crippen LogP contribution >= 0.6 is 23.5 Å². The van der Waals surface area contributed by atoms with Crippen LogP contribution in [-0.2, 0) is 4.79 Å². The van der Waals surface area contributed by atoms with Crippen LogP contribution in [0.5, 0.6) is 11.5 Å². The van der Waals surface area contributed by atoms with Crippen molar-refractivity contribution in [3.8, 4) is 11.5 Å². The molecule has 1 unspecified atom stereocenters. The minimum Gasteiger partial charge on any atom is -0.497 e. The number of ether oxygens (including phenoxy) is 2. The number of amides is 1. The van der Waals surface area contributed by atoms with Crippen molar-refractivity contribution >= 4 is 35.1 Å². The number of nitrogens with zero attached hydrogens (tertiary/aromatic N) is 1. The molecule has 0 aliphatic carbocycles. The molecule has 6 heteroatoms. The maximum absolute atomic E-state index is 12.8. The molecule has 0 bridgehead atoms. The second-order valence-electron chi connectivity index (χ2n) is 5.51. The Labute approximate surface area is 149 Å². The molecular formula is C18H17NO3S2. The summed E-state index contributed by atoms with van der Waals surface area (Å²) in [6, 6.07) is 17.2. The van der Waals surface area contributed by atoms with Crippen molar-refractivity contribution in [3.05, 3.63) is 54.6 Å². The second kappa shape index (κ2) is 6.26. The van der Waals surface area contributed by atoms with Crippen molar-refractivity contribution in [1.29, 1.82) is 0 Å². The third-order valence-corrected chi connectivity index (χ3v) is 7.52. The summed E-state index contributed by atoms with van der Waals surface area (Å²) >= 11 is 3.57. The smallest absolute Gasteiger partial charge is 0.274 e. The van der Waals surface area contributed by atoms with E-state index in [1.54, 1.807) is 30.6 Å². The Kier molecular flexibility index (Phi) is 4.10. The first-order valence-electron chi connectivity index (χ1n) is 7.72. The molecule has 1 atom stereocenters. The Hall–Kier alpha value is -1.79. The van der Waals surface area contributed by atoms with Gasteiger partial charge in [0.25, 0.3) is 5.91 Å². The minimum absolute atomic E-state index is 0.00548. The molecule has 1 amide bonds. The normalized spacial score (nSPS) is 21.6. The molecular weight excluding hydrogens is 342 g/mol. The lowest BCUT2D eigenvalue weighted by Gasteiger charge is -2.53. The van der Waals surface area contributed by atoms with Crippen molar-refractivity contribution in [3.63, 3.8) is 0 Å². The van der Waals surface area contributed by atoms with Crippen molar-refractivity contribution in [2.45, 2.75) is 10.3 Å². The number of hydrogen-bond donors (Lipinski definition) is 0. The average Bonchev–Trinajstić information content (AvgIpc) is 3.13. The second-order valence-corrected chi connectivity index (χ2v) is 8.41. The van der Waals surface area contributed by atoms with Gasteiger partial charge in [-0.05, 0) is 36.4 Å². The first-order valence-corrected chi connectivity index (χ1v) is 9.69. The van der Waals surface area contributed by atoms with Gasteiger partial charge in [-0.15, -0.1) is 23.5 Å². The largest absolute Gasteiger partial charge is 0.497 e. The van der Waals surface area contributed by atoms with Crippen molar-refractivity contribution < 1.29 is 14.3 Å². The van der Waals surface area contributed by atoms with Gasteiger partial charge in [-0.25, -0.2) is 0 Å². The Morgan fingerprint density at radius 2 is 1.67 bits per heavy atom. The van der Waals surface area contributed by atoms with E-state index in [9.17, 15) is 4.79 Å². The van der Waals surface area contributed by atoms with Crippen LogP contribution in [0.3, 0.4) is 0 Å². The fourth-order valence-corrected chi connectivity index (χ4v) is 6.31. The van der Waals surface area contributed by atoms with Crippen LogP contribution in [0.25, 0.3) is 0 Å². The van der Waals surface area contributed by atoms with Crippen LogP contribution in [-0.4, -0.2) is 34.8 Å². The highest BCUT2D eigenvalue weighted by Crippen LogP contribution is 2.57. The molecule has 0 saturated carbocycles. The van der Waals surface area contributed by atoms with E-state index in [4.69, 9.17) is 9.47 Å². The van der Waals surface area contributed by atoms with Gasteiger partial charge in [-0.3, -0.25) is 9.69 Å². The number of hydrogen-bond acceptors (Lipinski definition) is 5. The first-order chi connectivity index (χ1) is 11.7. The molecule has 2 saturated heterocycles. The predicted molar refractivity (Wildman–Crippen MR) is 99.0 cm³/mol. The maximum Gasteiger partial charge on any atom is 0.274 e. The minimum atomic E-state index is -0.459. The van der Waals surface area contributed by atoms with Crippen LogP contribution < -0.4 is 14.4 Å². The van der Waals surface area contributed by atoms with Crippen LogP contribution in [0.4, 0.5) is 5.69 Å². The van der Waals surface area contributed by atoms with Crippen molar-refractivity contribution in [1.82, 2.24) is 0 Å². The number of rotatable bonds is 4. The molecule has 1 spiro atoms. The van der Waals surface area contributed by atoms with E-state index in [1.807, 2.05) is 59.5 Å². The monoisotopic (exact) mass is 359 g/mol. The van der Waals surface area contributed by atoms with Gasteiger partial charge < -0.3 is 9.47 Å². The molecule has 2 aliphatic rings. The molecule has 2 aromatic rings. The maximum atomic E-state index is 12.8. The summed E-state index contributed by atoms with van der Waals surface area (Å²) in [5.74, 6) is 3.55. The summed E-state index contributed by atoms with van der Waals surface area (Å²) in [6.45, 7) is 0. The molecule has 0 N–H and O–H groups in total. The van der Waals surface area contributed by atoms with Crippen LogP contribution in [0, 0.1) is 0 Å². The zero-order valence-corrected chi connectivity index (χ0v) is 14.8. The van der Waals surface area contributed by atoms with Gasteiger partial charge in [-0.1, -0.05) is 18.2 Å². The lowest BCUT2D eigenvalue weighted by molar-refractivity contribution is -0.133. The summed E-state index contributed by atoms with van der Waals surface area (Å²) < 4.78 is 10.9. The van der Waals surface area contributed by atoms with E-state index >= 15 is 0 Å². The summed E-state index contributed by atoms with van der Waals surface area (Å²) in [4.78, 5) is 14.7. The van der Waals surface area contributed by atoms with E-state index in [0.29, 0.717) is 0 Å².